The number of hydrogen-bond acceptors (Lipinski definition) is 0. The van der Waals surface area contributed by atoms with Crippen LogP contribution >= 0.6 is 0 Å². The summed E-state index contributed by atoms with van der Waals surface area (Å²) in [7, 11) is 2.02. The van der Waals surface area contributed by atoms with Gasteiger partial charge in [-0.05, 0) is 12.2 Å². The average molecular weight is 159 g/mol. The maximum absolute atomic E-state index is 3.16. The monoisotopic (exact) mass is 159 g/mol. The van der Waals surface area contributed by atoms with Gasteiger partial charge in [0.25, 0.3) is 0 Å². The largest absolute Gasteiger partial charge is 0.243 e. The normalized spacial score (nSPS) is 13.9. The van der Waals surface area contributed by atoms with E-state index in [4.69, 9.17) is 0 Å². The molecule has 2 nitrogen and oxygen atoms in total. The van der Waals surface area contributed by atoms with Gasteiger partial charge in [-0.25, -0.2) is 9.13 Å². The second kappa shape index (κ2) is 2.84. The summed E-state index contributed by atoms with van der Waals surface area (Å²) in [6, 6.07) is 0. The molecule has 0 bridgehead atoms. The predicted octanol–water partition coefficient (Wildman–Crippen LogP) is 0.964. The van der Waals surface area contributed by atoms with E-state index in [9.17, 15) is 0 Å². The molecule has 0 aromatic carbocycles. The van der Waals surface area contributed by atoms with Crippen LogP contribution in [0.1, 0.15) is 0 Å². The third kappa shape index (κ3) is 1.39. The maximum Gasteiger partial charge on any atom is 0.243 e. The second-order valence-electron chi connectivity index (χ2n) is 2.95. The van der Waals surface area contributed by atoms with E-state index in [2.05, 4.69) is 28.9 Å². The van der Waals surface area contributed by atoms with Crippen LogP contribution in [0.15, 0.2) is 48.3 Å². The Morgan fingerprint density at radius 3 is 3.08 bits per heavy atom. The van der Waals surface area contributed by atoms with E-state index in [1.807, 2.05) is 30.0 Å². The topological polar surface area (TPSA) is 8.81 Å². The Labute approximate surface area is 71.8 Å². The van der Waals surface area contributed by atoms with E-state index in [0.717, 1.165) is 6.54 Å². The highest BCUT2D eigenvalue weighted by molar-refractivity contribution is 5.28. The van der Waals surface area contributed by atoms with Crippen LogP contribution in [-0.2, 0) is 13.6 Å². The molecule has 0 spiro atoms. The van der Waals surface area contributed by atoms with Crippen LogP contribution in [0.4, 0.5) is 0 Å². The number of aromatic nitrogens is 2. The van der Waals surface area contributed by atoms with Gasteiger partial charge in [0.1, 0.15) is 18.9 Å². The van der Waals surface area contributed by atoms with Crippen molar-refractivity contribution in [3.8, 4) is 0 Å². The average Bonchev–Trinajstić information content (AvgIpc) is 2.63. The fraction of sp³-hybridized carbons (Fsp3) is 0.200. The van der Waals surface area contributed by atoms with Gasteiger partial charge in [0.15, 0.2) is 0 Å². The molecular formula is C10H11N2+. The van der Waals surface area contributed by atoms with Gasteiger partial charge in [0.05, 0.1) is 7.05 Å². The molecule has 1 aliphatic carbocycles. The predicted molar refractivity (Wildman–Crippen MR) is 46.3 cm³/mol. The quantitative estimate of drug-likeness (QED) is 0.449. The zero-order valence-corrected chi connectivity index (χ0v) is 7.07. The fourth-order valence-corrected chi connectivity index (χ4v) is 1.26. The SMILES string of the molecule is C[n+]1ccn(CC2=C=CC=C2)c1. The Morgan fingerprint density at radius 2 is 2.50 bits per heavy atom. The lowest BCUT2D eigenvalue weighted by molar-refractivity contribution is -0.671. The molecule has 12 heavy (non-hydrogen) atoms. The zero-order chi connectivity index (χ0) is 8.39. The van der Waals surface area contributed by atoms with Crippen molar-refractivity contribution in [2.45, 2.75) is 6.54 Å². The summed E-state index contributed by atoms with van der Waals surface area (Å²) in [6.07, 6.45) is 12.2. The first kappa shape index (κ1) is 7.14. The lowest BCUT2D eigenvalue weighted by atomic mass is 10.3. The summed E-state index contributed by atoms with van der Waals surface area (Å²) >= 11 is 0. The van der Waals surface area contributed by atoms with Crippen LogP contribution < -0.4 is 4.57 Å². The van der Waals surface area contributed by atoms with Gasteiger partial charge in [-0.2, -0.15) is 0 Å². The highest BCUT2D eigenvalue weighted by Gasteiger charge is 2.02. The molecule has 2 rings (SSSR count). The van der Waals surface area contributed by atoms with Gasteiger partial charge >= 0.3 is 0 Å². The van der Waals surface area contributed by atoms with E-state index in [0.29, 0.717) is 0 Å². The fourth-order valence-electron chi connectivity index (χ4n) is 1.26. The number of nitrogens with zero attached hydrogens (tertiary/aromatic N) is 2. The van der Waals surface area contributed by atoms with Crippen molar-refractivity contribution >= 4 is 0 Å². The Morgan fingerprint density at radius 1 is 1.58 bits per heavy atom. The Kier molecular flexibility index (Phi) is 1.69. The number of hydrogen-bond donors (Lipinski definition) is 0. The van der Waals surface area contributed by atoms with Gasteiger partial charge in [-0.1, -0.05) is 6.08 Å². The highest BCUT2D eigenvalue weighted by Crippen LogP contribution is 2.04. The molecule has 0 unspecified atom stereocenters. The summed E-state index contributed by atoms with van der Waals surface area (Å²) in [5, 5.41) is 0. The van der Waals surface area contributed by atoms with E-state index in [1.54, 1.807) is 0 Å². The molecule has 0 radical (unpaired) electrons. The van der Waals surface area contributed by atoms with Gasteiger partial charge in [-0.15, -0.1) is 5.73 Å². The Balaban J connectivity index is 2.14. The summed E-state index contributed by atoms with van der Waals surface area (Å²) in [4.78, 5) is 0. The molecule has 0 fully saturated rings. The first-order valence-electron chi connectivity index (χ1n) is 3.98. The molecule has 1 aromatic rings. The van der Waals surface area contributed by atoms with E-state index >= 15 is 0 Å². The molecule has 1 aliphatic rings. The molecule has 0 atom stereocenters. The molecule has 0 saturated carbocycles. The first-order valence-corrected chi connectivity index (χ1v) is 3.98. The number of imidazole rings is 1. The standard InChI is InChI=1S/C10H11N2/c1-11-6-7-12(9-11)8-10-4-2-3-5-10/h2-4,6-7,9H,8H2,1H3/q+1. The lowest BCUT2D eigenvalue weighted by Crippen LogP contribution is -2.23. The second-order valence-corrected chi connectivity index (χ2v) is 2.95. The summed E-state index contributed by atoms with van der Waals surface area (Å²) in [5.74, 6) is 0. The van der Waals surface area contributed by atoms with E-state index in [-0.39, 0.29) is 0 Å². The van der Waals surface area contributed by atoms with Crippen LogP contribution in [0.2, 0.25) is 0 Å². The summed E-state index contributed by atoms with van der Waals surface area (Å²) < 4.78 is 4.16. The third-order valence-corrected chi connectivity index (χ3v) is 1.84. The van der Waals surface area contributed by atoms with Crippen molar-refractivity contribution < 1.29 is 4.57 Å². The summed E-state index contributed by atoms with van der Waals surface area (Å²) in [6.45, 7) is 0.911. The highest BCUT2D eigenvalue weighted by atomic mass is 15.1. The zero-order valence-electron chi connectivity index (χ0n) is 7.07. The van der Waals surface area contributed by atoms with Crippen LogP contribution in [0.25, 0.3) is 0 Å². The van der Waals surface area contributed by atoms with Crippen molar-refractivity contribution in [3.63, 3.8) is 0 Å². The Hall–Kier alpha value is -1.53. The first-order chi connectivity index (χ1) is 5.84. The lowest BCUT2D eigenvalue weighted by Gasteiger charge is -1.91. The van der Waals surface area contributed by atoms with Crippen LogP contribution in [0.3, 0.4) is 0 Å². The molecular weight excluding hydrogens is 148 g/mol. The van der Waals surface area contributed by atoms with Crippen molar-refractivity contribution in [2.75, 3.05) is 0 Å². The number of allylic oxidation sites excluding steroid dienone is 3. The van der Waals surface area contributed by atoms with Crippen molar-refractivity contribution in [2.24, 2.45) is 7.05 Å². The number of aryl methyl sites for hydroxylation is 1. The summed E-state index contributed by atoms with van der Waals surface area (Å²) in [5.41, 5.74) is 4.39. The molecule has 0 aliphatic heterocycles. The molecule has 0 amide bonds. The maximum atomic E-state index is 3.16. The minimum atomic E-state index is 0.911. The van der Waals surface area contributed by atoms with Crippen molar-refractivity contribution in [1.29, 1.82) is 0 Å². The molecule has 60 valence electrons. The van der Waals surface area contributed by atoms with Gasteiger partial charge < -0.3 is 0 Å². The van der Waals surface area contributed by atoms with Crippen LogP contribution in [-0.4, -0.2) is 4.57 Å². The van der Waals surface area contributed by atoms with E-state index < -0.39 is 0 Å². The van der Waals surface area contributed by atoms with Crippen LogP contribution in [0.5, 0.6) is 0 Å². The third-order valence-electron chi connectivity index (χ3n) is 1.84. The minimum Gasteiger partial charge on any atom is -0.240 e. The number of rotatable bonds is 2. The molecule has 0 saturated heterocycles. The van der Waals surface area contributed by atoms with Crippen molar-refractivity contribution in [3.05, 3.63) is 48.3 Å². The van der Waals surface area contributed by atoms with Gasteiger partial charge in [0.2, 0.25) is 6.33 Å². The van der Waals surface area contributed by atoms with Crippen molar-refractivity contribution in [1.82, 2.24) is 4.57 Å². The molecule has 2 heteroatoms. The molecule has 0 N–H and O–H groups in total. The van der Waals surface area contributed by atoms with Gasteiger partial charge in [0, 0.05) is 5.57 Å². The van der Waals surface area contributed by atoms with Crippen LogP contribution in [0, 0.1) is 0 Å². The smallest absolute Gasteiger partial charge is 0.240 e. The van der Waals surface area contributed by atoms with E-state index in [1.165, 1.54) is 5.57 Å². The van der Waals surface area contributed by atoms with Gasteiger partial charge in [-0.3, -0.25) is 0 Å². The minimum absolute atomic E-state index is 0.911. The molecule has 1 heterocycles. The molecule has 1 aromatic heterocycles. The Bertz CT molecular complexity index is 376.